The molecular formula is C35H35FN4O6S. The number of benzene rings is 3. The van der Waals surface area contributed by atoms with Crippen molar-refractivity contribution in [1.82, 2.24) is 14.3 Å². The summed E-state index contributed by atoms with van der Waals surface area (Å²) in [6.07, 6.45) is 2.01. The minimum absolute atomic E-state index is 0.0482. The highest BCUT2D eigenvalue weighted by Gasteiger charge is 2.26. The van der Waals surface area contributed by atoms with Crippen molar-refractivity contribution in [2.75, 3.05) is 5.32 Å². The van der Waals surface area contributed by atoms with E-state index in [0.29, 0.717) is 22.2 Å². The molecule has 2 amide bonds. The zero-order valence-electron chi connectivity index (χ0n) is 26.6. The van der Waals surface area contributed by atoms with Gasteiger partial charge in [0.1, 0.15) is 17.4 Å². The zero-order chi connectivity index (χ0) is 33.9. The molecule has 0 radical (unpaired) electrons. The predicted molar refractivity (Wildman–Crippen MR) is 177 cm³/mol. The first-order valence-corrected chi connectivity index (χ1v) is 16.3. The van der Waals surface area contributed by atoms with Crippen molar-refractivity contribution in [1.29, 1.82) is 0 Å². The summed E-state index contributed by atoms with van der Waals surface area (Å²) in [4.78, 5) is 30.2. The number of ether oxygens (including phenoxy) is 2. The van der Waals surface area contributed by atoms with Gasteiger partial charge >= 0.3 is 6.09 Å². The third-order valence-corrected chi connectivity index (χ3v) is 8.75. The molecule has 12 heteroatoms. The minimum Gasteiger partial charge on any atom is -0.453 e. The lowest BCUT2D eigenvalue weighted by Gasteiger charge is -2.23. The molecule has 47 heavy (non-hydrogen) atoms. The second kappa shape index (κ2) is 13.2. The minimum atomic E-state index is -3.97. The number of aromatic nitrogens is 2. The molecule has 0 fully saturated rings. The smallest absolute Gasteiger partial charge is 0.408 e. The number of pyridine rings is 1. The molecule has 0 aliphatic carbocycles. The van der Waals surface area contributed by atoms with Gasteiger partial charge in [0.25, 0.3) is 10.0 Å². The first-order valence-electron chi connectivity index (χ1n) is 14.8. The van der Waals surface area contributed by atoms with Crippen molar-refractivity contribution in [2.24, 2.45) is 0 Å². The summed E-state index contributed by atoms with van der Waals surface area (Å²) < 4.78 is 54.8. The summed E-state index contributed by atoms with van der Waals surface area (Å²) in [6, 6.07) is 19.9. The molecule has 10 nitrogen and oxygen atoms in total. The molecule has 0 bridgehead atoms. The summed E-state index contributed by atoms with van der Waals surface area (Å²) in [7, 11) is -3.97. The van der Waals surface area contributed by atoms with Crippen LogP contribution in [0.5, 0.6) is 11.5 Å². The van der Waals surface area contributed by atoms with Gasteiger partial charge in [-0.2, -0.15) is 0 Å². The van der Waals surface area contributed by atoms with Crippen molar-refractivity contribution < 1.29 is 31.9 Å². The summed E-state index contributed by atoms with van der Waals surface area (Å²) in [6.45, 7) is 8.70. The van der Waals surface area contributed by atoms with Crippen LogP contribution in [0.1, 0.15) is 37.5 Å². The number of rotatable bonds is 9. The number of anilines is 1. The average molecular weight is 659 g/mol. The van der Waals surface area contributed by atoms with E-state index in [-0.39, 0.29) is 28.5 Å². The maximum Gasteiger partial charge on any atom is 0.408 e. The SMILES string of the molecule is Cc1ccc(S(=O)(=O)n2cc(C)c3c(Oc4ccc(C[C@@H](NC(=O)OC(C)(C)C)C(=O)Nc5ccccc5)cc4F)ccnc32)cc1. The van der Waals surface area contributed by atoms with Crippen LogP contribution in [0.3, 0.4) is 0 Å². The number of amides is 2. The van der Waals surface area contributed by atoms with Crippen molar-refractivity contribution in [3.63, 3.8) is 0 Å². The molecule has 2 aromatic heterocycles. The number of hydrogen-bond donors (Lipinski definition) is 2. The van der Waals surface area contributed by atoms with Gasteiger partial charge in [0, 0.05) is 24.5 Å². The highest BCUT2D eigenvalue weighted by molar-refractivity contribution is 7.90. The highest BCUT2D eigenvalue weighted by Crippen LogP contribution is 2.35. The molecular weight excluding hydrogens is 623 g/mol. The van der Waals surface area contributed by atoms with E-state index in [2.05, 4.69) is 15.6 Å². The molecule has 2 heterocycles. The van der Waals surface area contributed by atoms with Crippen molar-refractivity contribution in [3.05, 3.63) is 114 Å². The quantitative estimate of drug-likeness (QED) is 0.176. The molecule has 244 valence electrons. The van der Waals surface area contributed by atoms with Crippen LogP contribution in [0, 0.1) is 19.7 Å². The lowest BCUT2D eigenvalue weighted by atomic mass is 10.0. The van der Waals surface area contributed by atoms with E-state index in [0.717, 1.165) is 9.54 Å². The Kier molecular flexibility index (Phi) is 9.34. The van der Waals surface area contributed by atoms with Gasteiger partial charge in [-0.3, -0.25) is 4.79 Å². The van der Waals surface area contributed by atoms with Gasteiger partial charge in [-0.1, -0.05) is 42.0 Å². The number of hydrogen-bond acceptors (Lipinski definition) is 7. The second-order valence-corrected chi connectivity index (χ2v) is 13.9. The zero-order valence-corrected chi connectivity index (χ0v) is 27.4. The molecule has 0 aliphatic rings. The lowest BCUT2D eigenvalue weighted by molar-refractivity contribution is -0.118. The van der Waals surface area contributed by atoms with Gasteiger partial charge in [-0.25, -0.2) is 26.6 Å². The number of aryl methyl sites for hydroxylation is 2. The Morgan fingerprint density at radius 2 is 1.66 bits per heavy atom. The molecule has 5 aromatic rings. The number of halogens is 1. The first-order chi connectivity index (χ1) is 22.2. The van der Waals surface area contributed by atoms with Crippen LogP contribution in [0.15, 0.2) is 96.2 Å². The van der Waals surface area contributed by atoms with Crippen LogP contribution in [0.25, 0.3) is 11.0 Å². The number of fused-ring (bicyclic) bond motifs is 1. The van der Waals surface area contributed by atoms with Crippen LogP contribution < -0.4 is 15.4 Å². The molecule has 0 unspecified atom stereocenters. The van der Waals surface area contributed by atoms with Crippen molar-refractivity contribution >= 4 is 38.7 Å². The Morgan fingerprint density at radius 1 is 0.957 bits per heavy atom. The summed E-state index contributed by atoms with van der Waals surface area (Å²) in [5.41, 5.74) is 1.77. The number of para-hydroxylation sites is 1. The molecule has 2 N–H and O–H groups in total. The molecule has 5 rings (SSSR count). The summed E-state index contributed by atoms with van der Waals surface area (Å²) in [5.74, 6) is -1.15. The van der Waals surface area contributed by atoms with E-state index < -0.39 is 39.5 Å². The van der Waals surface area contributed by atoms with Gasteiger partial charge in [-0.05, 0) is 88.2 Å². The molecule has 0 spiro atoms. The number of carbonyl (C=O) groups excluding carboxylic acids is 2. The van der Waals surface area contributed by atoms with Gasteiger partial charge in [0.05, 0.1) is 10.3 Å². The molecule has 1 atom stereocenters. The third kappa shape index (κ3) is 7.78. The molecule has 0 aliphatic heterocycles. The van der Waals surface area contributed by atoms with Crippen LogP contribution >= 0.6 is 0 Å². The molecule has 0 saturated carbocycles. The fraction of sp³-hybridized carbons (Fsp3) is 0.229. The first kappa shape index (κ1) is 33.1. The Bertz CT molecular complexity index is 2040. The van der Waals surface area contributed by atoms with Gasteiger partial charge in [-0.15, -0.1) is 0 Å². The number of alkyl carbamates (subject to hydrolysis) is 1. The van der Waals surface area contributed by atoms with Crippen molar-refractivity contribution in [2.45, 2.75) is 57.6 Å². The van der Waals surface area contributed by atoms with E-state index >= 15 is 4.39 Å². The lowest BCUT2D eigenvalue weighted by Crippen LogP contribution is -2.47. The van der Waals surface area contributed by atoms with E-state index in [1.807, 2.05) is 6.92 Å². The average Bonchev–Trinajstić information content (AvgIpc) is 3.36. The number of nitrogens with one attached hydrogen (secondary N) is 2. The highest BCUT2D eigenvalue weighted by atomic mass is 32.2. The normalized spacial score (nSPS) is 12.4. The Balaban J connectivity index is 1.40. The largest absolute Gasteiger partial charge is 0.453 e. The fourth-order valence-corrected chi connectivity index (χ4v) is 6.25. The monoisotopic (exact) mass is 658 g/mol. The van der Waals surface area contributed by atoms with Crippen LogP contribution in [0.4, 0.5) is 14.9 Å². The number of carbonyl (C=O) groups is 2. The third-order valence-electron chi connectivity index (χ3n) is 7.09. The Morgan fingerprint density at radius 3 is 2.32 bits per heavy atom. The maximum absolute atomic E-state index is 15.5. The predicted octanol–water partition coefficient (Wildman–Crippen LogP) is 6.90. The summed E-state index contributed by atoms with van der Waals surface area (Å²) >= 11 is 0. The van der Waals surface area contributed by atoms with E-state index in [1.54, 1.807) is 76.2 Å². The van der Waals surface area contributed by atoms with Gasteiger partial charge < -0.3 is 20.1 Å². The van der Waals surface area contributed by atoms with Crippen molar-refractivity contribution in [3.8, 4) is 11.5 Å². The Labute approximate surface area is 272 Å². The van der Waals surface area contributed by atoms with Gasteiger partial charge in [0.15, 0.2) is 17.2 Å². The van der Waals surface area contributed by atoms with E-state index in [9.17, 15) is 18.0 Å². The van der Waals surface area contributed by atoms with Crippen LogP contribution in [0.2, 0.25) is 0 Å². The fourth-order valence-electron chi connectivity index (χ4n) is 4.88. The molecule has 3 aromatic carbocycles. The van der Waals surface area contributed by atoms with Crippen LogP contribution in [-0.4, -0.2) is 41.0 Å². The topological polar surface area (TPSA) is 129 Å². The maximum atomic E-state index is 15.5. The standard InChI is InChI=1S/C35H35FN4O6S/c1-22-11-14-26(15-12-22)47(43,44)40-21-23(2)31-30(17-18-37-32(31)40)45-29-16-13-24(19-27(29)36)20-28(39-34(42)46-35(3,4)5)33(41)38-25-9-7-6-8-10-25/h6-19,21,28H,20H2,1-5H3,(H,38,41)(H,39,42)/t28-/m1/s1. The van der Waals surface area contributed by atoms with E-state index in [1.165, 1.54) is 42.7 Å². The Hall–Kier alpha value is -5.23. The molecule has 0 saturated heterocycles. The van der Waals surface area contributed by atoms with Crippen LogP contribution in [-0.2, 0) is 26.0 Å². The summed E-state index contributed by atoms with van der Waals surface area (Å²) in [5, 5.41) is 5.75. The van der Waals surface area contributed by atoms with Gasteiger partial charge in [0.2, 0.25) is 5.91 Å². The number of nitrogens with zero attached hydrogens (tertiary/aromatic N) is 2. The van der Waals surface area contributed by atoms with E-state index in [4.69, 9.17) is 9.47 Å². The second-order valence-electron chi connectivity index (χ2n) is 12.1.